The highest BCUT2D eigenvalue weighted by atomic mass is 32.2. The van der Waals surface area contributed by atoms with Crippen LogP contribution in [0.2, 0.25) is 0 Å². The van der Waals surface area contributed by atoms with Crippen molar-refractivity contribution >= 4 is 23.4 Å². The zero-order valence-corrected chi connectivity index (χ0v) is 15.5. The minimum absolute atomic E-state index is 0.113. The van der Waals surface area contributed by atoms with Gasteiger partial charge in [0.2, 0.25) is 5.91 Å². The molecule has 1 N–H and O–H groups in total. The number of aryl methyl sites for hydroxylation is 1. The molecule has 0 unspecified atom stereocenters. The molecule has 2 rings (SSSR count). The molecular formula is C18H24N4O2S. The lowest BCUT2D eigenvalue weighted by Crippen LogP contribution is -2.15. The first-order valence-corrected chi connectivity index (χ1v) is 9.26. The van der Waals surface area contributed by atoms with Crippen LogP contribution >= 0.6 is 11.8 Å². The minimum atomic E-state index is -0.113. The largest absolute Gasteiger partial charge is 0.495 e. The molecule has 0 atom stereocenters. The number of para-hydroxylation sites is 2. The lowest BCUT2D eigenvalue weighted by Gasteiger charge is -2.10. The molecule has 6 nitrogen and oxygen atoms in total. The number of anilines is 1. The summed E-state index contributed by atoms with van der Waals surface area (Å²) >= 11 is 1.37. The molecule has 7 heteroatoms. The van der Waals surface area contributed by atoms with E-state index in [2.05, 4.69) is 29.0 Å². The van der Waals surface area contributed by atoms with Gasteiger partial charge in [-0.1, -0.05) is 43.3 Å². The average molecular weight is 360 g/mol. The monoisotopic (exact) mass is 360 g/mol. The van der Waals surface area contributed by atoms with Gasteiger partial charge in [0.1, 0.15) is 11.6 Å². The Morgan fingerprint density at radius 2 is 2.20 bits per heavy atom. The molecule has 1 heterocycles. The second kappa shape index (κ2) is 9.88. The van der Waals surface area contributed by atoms with Gasteiger partial charge >= 0.3 is 0 Å². The number of rotatable bonds is 10. The average Bonchev–Trinajstić information content (AvgIpc) is 3.01. The number of methoxy groups -OCH3 is 1. The van der Waals surface area contributed by atoms with Gasteiger partial charge in [0.25, 0.3) is 0 Å². The van der Waals surface area contributed by atoms with Crippen LogP contribution in [0.15, 0.2) is 42.1 Å². The van der Waals surface area contributed by atoms with Crippen LogP contribution in [0.4, 0.5) is 5.69 Å². The Morgan fingerprint density at radius 3 is 2.92 bits per heavy atom. The van der Waals surface area contributed by atoms with E-state index in [1.165, 1.54) is 11.8 Å². The molecule has 1 aromatic carbocycles. The molecule has 2 aromatic rings. The number of carbonyl (C=O) groups is 1. The van der Waals surface area contributed by atoms with Crippen LogP contribution in [0.25, 0.3) is 0 Å². The van der Waals surface area contributed by atoms with Crippen molar-refractivity contribution in [2.24, 2.45) is 0 Å². The Hall–Kier alpha value is -2.28. The summed E-state index contributed by atoms with van der Waals surface area (Å²) in [6.45, 7) is 6.58. The van der Waals surface area contributed by atoms with Crippen molar-refractivity contribution in [1.82, 2.24) is 14.8 Å². The number of thioether (sulfide) groups is 1. The van der Waals surface area contributed by atoms with Crippen molar-refractivity contribution in [2.45, 2.75) is 37.9 Å². The maximum Gasteiger partial charge on any atom is 0.234 e. The topological polar surface area (TPSA) is 69.0 Å². The summed E-state index contributed by atoms with van der Waals surface area (Å²) < 4.78 is 7.26. The van der Waals surface area contributed by atoms with E-state index in [9.17, 15) is 4.79 Å². The highest BCUT2D eigenvalue weighted by Gasteiger charge is 2.14. The molecule has 134 valence electrons. The number of hydrogen-bond acceptors (Lipinski definition) is 5. The number of unbranched alkanes of at least 4 members (excludes halogenated alkanes) is 1. The Labute approximate surface area is 152 Å². The van der Waals surface area contributed by atoms with Crippen molar-refractivity contribution in [3.63, 3.8) is 0 Å². The van der Waals surface area contributed by atoms with Crippen LogP contribution in [-0.2, 0) is 17.8 Å². The van der Waals surface area contributed by atoms with Crippen LogP contribution < -0.4 is 10.1 Å². The molecule has 0 fully saturated rings. The van der Waals surface area contributed by atoms with Crippen molar-refractivity contribution < 1.29 is 9.53 Å². The zero-order valence-electron chi connectivity index (χ0n) is 14.7. The summed E-state index contributed by atoms with van der Waals surface area (Å²) in [7, 11) is 1.58. The van der Waals surface area contributed by atoms with Crippen LogP contribution in [0, 0.1) is 0 Å². The number of allylic oxidation sites excluding steroid dienone is 1. The van der Waals surface area contributed by atoms with Gasteiger partial charge in [-0.15, -0.1) is 16.8 Å². The van der Waals surface area contributed by atoms with E-state index in [-0.39, 0.29) is 11.7 Å². The van der Waals surface area contributed by atoms with E-state index in [1.54, 1.807) is 7.11 Å². The Balaban J connectivity index is 1.99. The lowest BCUT2D eigenvalue weighted by molar-refractivity contribution is -0.113. The third kappa shape index (κ3) is 5.35. The smallest absolute Gasteiger partial charge is 0.234 e. The van der Waals surface area contributed by atoms with E-state index >= 15 is 0 Å². The van der Waals surface area contributed by atoms with Crippen LogP contribution in [-0.4, -0.2) is 33.5 Å². The van der Waals surface area contributed by atoms with Crippen molar-refractivity contribution in [2.75, 3.05) is 18.2 Å². The fraction of sp³-hybridized carbons (Fsp3) is 0.389. The second-order valence-electron chi connectivity index (χ2n) is 5.44. The van der Waals surface area contributed by atoms with Gasteiger partial charge in [-0.2, -0.15) is 0 Å². The van der Waals surface area contributed by atoms with Gasteiger partial charge in [-0.3, -0.25) is 4.79 Å². The number of hydrogen-bond donors (Lipinski definition) is 1. The van der Waals surface area contributed by atoms with Gasteiger partial charge in [0.05, 0.1) is 18.6 Å². The normalized spacial score (nSPS) is 10.5. The SMILES string of the molecule is C=CCn1c(CCCC)nnc1SCC(=O)Nc1ccccc1OC. The molecule has 0 saturated carbocycles. The molecule has 0 aliphatic rings. The molecule has 0 saturated heterocycles. The fourth-order valence-electron chi connectivity index (χ4n) is 2.32. The van der Waals surface area contributed by atoms with Crippen LogP contribution in [0.1, 0.15) is 25.6 Å². The minimum Gasteiger partial charge on any atom is -0.495 e. The van der Waals surface area contributed by atoms with Crippen molar-refractivity contribution in [3.05, 3.63) is 42.7 Å². The van der Waals surface area contributed by atoms with Crippen molar-refractivity contribution in [3.8, 4) is 5.75 Å². The predicted molar refractivity (Wildman–Crippen MR) is 101 cm³/mol. The standard InChI is InChI=1S/C18H24N4O2S/c1-4-6-11-16-20-21-18(22(16)12-5-2)25-13-17(23)19-14-9-7-8-10-15(14)24-3/h5,7-10H,2,4,6,11-13H2,1,3H3,(H,19,23). The summed E-state index contributed by atoms with van der Waals surface area (Å²) in [5, 5.41) is 12.1. The van der Waals surface area contributed by atoms with Gasteiger partial charge < -0.3 is 14.6 Å². The molecular weight excluding hydrogens is 336 g/mol. The highest BCUT2D eigenvalue weighted by molar-refractivity contribution is 7.99. The summed E-state index contributed by atoms with van der Waals surface area (Å²) in [6.07, 6.45) is 4.86. The number of nitrogens with one attached hydrogen (secondary N) is 1. The first-order chi connectivity index (χ1) is 12.2. The Bertz CT molecular complexity index is 715. The molecule has 0 bridgehead atoms. The number of aromatic nitrogens is 3. The highest BCUT2D eigenvalue weighted by Crippen LogP contribution is 2.24. The van der Waals surface area contributed by atoms with E-state index in [1.807, 2.05) is 34.9 Å². The number of benzene rings is 1. The number of amides is 1. The first-order valence-electron chi connectivity index (χ1n) is 8.28. The summed E-state index contributed by atoms with van der Waals surface area (Å²) in [5.74, 6) is 1.71. The van der Waals surface area contributed by atoms with Crippen LogP contribution in [0.3, 0.4) is 0 Å². The number of ether oxygens (including phenoxy) is 1. The number of nitrogens with zero attached hydrogens (tertiary/aromatic N) is 3. The quantitative estimate of drug-likeness (QED) is 0.518. The van der Waals surface area contributed by atoms with Gasteiger partial charge in [-0.05, 0) is 18.6 Å². The van der Waals surface area contributed by atoms with Gasteiger partial charge in [0.15, 0.2) is 5.16 Å². The first kappa shape index (κ1) is 19.1. The van der Waals surface area contributed by atoms with E-state index in [0.29, 0.717) is 18.0 Å². The molecule has 0 spiro atoms. The molecule has 0 aliphatic heterocycles. The Kier molecular flexibility index (Phi) is 7.53. The maximum absolute atomic E-state index is 12.2. The van der Waals surface area contributed by atoms with E-state index in [4.69, 9.17) is 4.74 Å². The summed E-state index contributed by atoms with van der Waals surface area (Å²) in [4.78, 5) is 12.2. The summed E-state index contributed by atoms with van der Waals surface area (Å²) in [5.41, 5.74) is 0.659. The summed E-state index contributed by atoms with van der Waals surface area (Å²) in [6, 6.07) is 7.33. The second-order valence-corrected chi connectivity index (χ2v) is 6.38. The molecule has 1 aromatic heterocycles. The third-order valence-electron chi connectivity index (χ3n) is 3.57. The van der Waals surface area contributed by atoms with Gasteiger partial charge in [0, 0.05) is 13.0 Å². The van der Waals surface area contributed by atoms with Crippen molar-refractivity contribution in [1.29, 1.82) is 0 Å². The molecule has 25 heavy (non-hydrogen) atoms. The third-order valence-corrected chi connectivity index (χ3v) is 4.54. The molecule has 0 aliphatic carbocycles. The maximum atomic E-state index is 12.2. The van der Waals surface area contributed by atoms with E-state index < -0.39 is 0 Å². The number of carbonyl (C=O) groups excluding carboxylic acids is 1. The van der Waals surface area contributed by atoms with Crippen LogP contribution in [0.5, 0.6) is 5.75 Å². The van der Waals surface area contributed by atoms with E-state index in [0.717, 1.165) is 30.2 Å². The Morgan fingerprint density at radius 1 is 1.40 bits per heavy atom. The predicted octanol–water partition coefficient (Wildman–Crippen LogP) is 3.55. The fourth-order valence-corrected chi connectivity index (χ4v) is 3.09. The molecule has 1 amide bonds. The lowest BCUT2D eigenvalue weighted by atomic mass is 10.2. The van der Waals surface area contributed by atoms with Gasteiger partial charge in [-0.25, -0.2) is 0 Å². The molecule has 0 radical (unpaired) electrons. The zero-order chi connectivity index (χ0) is 18.1.